The fraction of sp³-hybridized carbons (Fsp3) is 0.818. The summed E-state index contributed by atoms with van der Waals surface area (Å²) in [5.41, 5.74) is 0.795. The largest absolute Gasteiger partial charge is 0.411 e. The van der Waals surface area contributed by atoms with Gasteiger partial charge >= 0.3 is 6.03 Å². The van der Waals surface area contributed by atoms with Crippen LogP contribution in [0.5, 0.6) is 0 Å². The van der Waals surface area contributed by atoms with Crippen LogP contribution in [0.1, 0.15) is 27.2 Å². The van der Waals surface area contributed by atoms with E-state index in [1.807, 2.05) is 30.6 Å². The van der Waals surface area contributed by atoms with Crippen molar-refractivity contribution < 1.29 is 10.0 Å². The Kier molecular flexibility index (Phi) is 4.58. The van der Waals surface area contributed by atoms with E-state index >= 15 is 0 Å². The van der Waals surface area contributed by atoms with Crippen LogP contribution in [-0.4, -0.2) is 52.9 Å². The number of urea groups is 1. The highest BCUT2D eigenvalue weighted by Gasteiger charge is 2.27. The maximum Gasteiger partial charge on any atom is 0.320 e. The van der Waals surface area contributed by atoms with Gasteiger partial charge in [-0.3, -0.25) is 0 Å². The van der Waals surface area contributed by atoms with Crippen molar-refractivity contribution in [2.24, 2.45) is 11.1 Å². The summed E-state index contributed by atoms with van der Waals surface area (Å²) in [5, 5.41) is 12.0. The summed E-state index contributed by atoms with van der Waals surface area (Å²) in [5.74, 6) is 0.151. The lowest BCUT2D eigenvalue weighted by Crippen LogP contribution is -2.49. The molecule has 1 unspecified atom stereocenters. The number of likely N-dealkylation sites (tertiary alicyclic amines) is 1. The van der Waals surface area contributed by atoms with Gasteiger partial charge in [0, 0.05) is 38.5 Å². The Morgan fingerprint density at radius 2 is 2.19 bits per heavy atom. The van der Waals surface area contributed by atoms with Crippen molar-refractivity contribution in [2.45, 2.75) is 27.2 Å². The lowest BCUT2D eigenvalue weighted by molar-refractivity contribution is 0.150. The summed E-state index contributed by atoms with van der Waals surface area (Å²) < 4.78 is 0. The molecule has 16 heavy (non-hydrogen) atoms. The molecule has 0 saturated carbocycles. The van der Waals surface area contributed by atoms with Crippen molar-refractivity contribution >= 4 is 11.7 Å². The number of oxime groups is 1. The van der Waals surface area contributed by atoms with Crippen molar-refractivity contribution in [3.05, 3.63) is 0 Å². The summed E-state index contributed by atoms with van der Waals surface area (Å²) in [6.07, 6.45) is 0.671. The van der Waals surface area contributed by atoms with E-state index in [-0.39, 0.29) is 11.9 Å². The van der Waals surface area contributed by atoms with Crippen molar-refractivity contribution in [1.29, 1.82) is 0 Å². The summed E-state index contributed by atoms with van der Waals surface area (Å²) in [7, 11) is 0. The Labute approximate surface area is 96.7 Å². The van der Waals surface area contributed by atoms with E-state index < -0.39 is 0 Å². The minimum Gasteiger partial charge on any atom is -0.411 e. The summed E-state index contributed by atoms with van der Waals surface area (Å²) in [6, 6.07) is 0.0915. The highest BCUT2D eigenvalue weighted by molar-refractivity contribution is 5.88. The van der Waals surface area contributed by atoms with Gasteiger partial charge in [-0.1, -0.05) is 12.1 Å². The average Bonchev–Trinajstić information content (AvgIpc) is 2.30. The van der Waals surface area contributed by atoms with Crippen LogP contribution in [0.4, 0.5) is 4.79 Å². The van der Waals surface area contributed by atoms with Gasteiger partial charge in [-0.05, 0) is 13.8 Å². The first-order chi connectivity index (χ1) is 7.63. The molecule has 1 fully saturated rings. The Morgan fingerprint density at radius 1 is 1.56 bits per heavy atom. The molecule has 0 aliphatic carbocycles. The average molecular weight is 227 g/mol. The third-order valence-corrected chi connectivity index (χ3v) is 3.13. The number of hydrogen-bond acceptors (Lipinski definition) is 3. The first-order valence-electron chi connectivity index (χ1n) is 5.88. The summed E-state index contributed by atoms with van der Waals surface area (Å²) in [4.78, 5) is 15.7. The van der Waals surface area contributed by atoms with E-state index in [0.717, 1.165) is 18.8 Å². The molecule has 5 heteroatoms. The van der Waals surface area contributed by atoms with Gasteiger partial charge in [0.1, 0.15) is 0 Å². The second-order valence-corrected chi connectivity index (χ2v) is 4.14. The Hall–Kier alpha value is -1.26. The normalized spacial score (nSPS) is 23.6. The molecule has 1 heterocycles. The van der Waals surface area contributed by atoms with Crippen molar-refractivity contribution in [1.82, 2.24) is 9.80 Å². The quantitative estimate of drug-likeness (QED) is 0.575. The second kappa shape index (κ2) is 5.72. The fourth-order valence-corrected chi connectivity index (χ4v) is 2.04. The first kappa shape index (κ1) is 12.8. The molecule has 0 aromatic rings. The number of carbonyl (C=O) groups excluding carboxylic acids is 1. The van der Waals surface area contributed by atoms with Crippen LogP contribution < -0.4 is 0 Å². The molecule has 1 atom stereocenters. The molecule has 0 radical (unpaired) electrons. The van der Waals surface area contributed by atoms with Crippen LogP contribution in [0.3, 0.4) is 0 Å². The molecular formula is C11H21N3O2. The van der Waals surface area contributed by atoms with E-state index in [2.05, 4.69) is 5.16 Å². The zero-order chi connectivity index (χ0) is 12.1. The number of carbonyl (C=O) groups is 1. The number of amides is 2. The topological polar surface area (TPSA) is 56.1 Å². The van der Waals surface area contributed by atoms with Crippen molar-refractivity contribution in [2.75, 3.05) is 26.2 Å². The van der Waals surface area contributed by atoms with Crippen molar-refractivity contribution in [3.63, 3.8) is 0 Å². The van der Waals surface area contributed by atoms with Crippen LogP contribution >= 0.6 is 0 Å². The molecule has 1 rings (SSSR count). The van der Waals surface area contributed by atoms with Gasteiger partial charge in [0.15, 0.2) is 0 Å². The zero-order valence-corrected chi connectivity index (χ0v) is 10.3. The number of rotatable bonds is 2. The van der Waals surface area contributed by atoms with Gasteiger partial charge in [-0.15, -0.1) is 0 Å². The molecule has 92 valence electrons. The highest BCUT2D eigenvalue weighted by Crippen LogP contribution is 2.15. The van der Waals surface area contributed by atoms with Gasteiger partial charge in [-0.25, -0.2) is 4.79 Å². The maximum atomic E-state index is 12.1. The molecule has 5 nitrogen and oxygen atoms in total. The predicted octanol–water partition coefficient (Wildman–Crippen LogP) is 1.62. The first-order valence-corrected chi connectivity index (χ1v) is 5.88. The lowest BCUT2D eigenvalue weighted by atomic mass is 9.98. The predicted molar refractivity (Wildman–Crippen MR) is 62.9 cm³/mol. The molecule has 1 saturated heterocycles. The standard InChI is InChI=1S/C11H21N3O2/c1-4-13(5-2)11(15)14-7-6-10(12-16)9(3)8-14/h9,16H,4-8H2,1-3H3. The number of hydrogen-bond donors (Lipinski definition) is 1. The number of piperidine rings is 1. The van der Waals surface area contributed by atoms with Crippen LogP contribution in [0.15, 0.2) is 5.16 Å². The van der Waals surface area contributed by atoms with Gasteiger partial charge in [0.2, 0.25) is 0 Å². The SMILES string of the molecule is CCN(CC)C(=O)N1CCC(=NO)C(C)C1. The van der Waals surface area contributed by atoms with Crippen LogP contribution in [0.25, 0.3) is 0 Å². The fourth-order valence-electron chi connectivity index (χ4n) is 2.04. The van der Waals surface area contributed by atoms with E-state index in [1.54, 1.807) is 0 Å². The van der Waals surface area contributed by atoms with E-state index in [1.165, 1.54) is 0 Å². The molecule has 2 amide bonds. The van der Waals surface area contributed by atoms with E-state index in [9.17, 15) is 4.79 Å². The van der Waals surface area contributed by atoms with E-state index in [4.69, 9.17) is 5.21 Å². The molecule has 1 aliphatic rings. The molecule has 0 aromatic carbocycles. The van der Waals surface area contributed by atoms with Gasteiger partial charge in [0.25, 0.3) is 0 Å². The maximum absolute atomic E-state index is 12.1. The summed E-state index contributed by atoms with van der Waals surface area (Å²) >= 11 is 0. The van der Waals surface area contributed by atoms with Gasteiger partial charge in [-0.2, -0.15) is 0 Å². The van der Waals surface area contributed by atoms with Gasteiger partial charge < -0.3 is 15.0 Å². The Bertz CT molecular complexity index is 274. The minimum atomic E-state index is 0.0915. The molecule has 0 spiro atoms. The molecule has 1 aliphatic heterocycles. The van der Waals surface area contributed by atoms with Crippen LogP contribution in [-0.2, 0) is 0 Å². The third kappa shape index (κ3) is 2.65. The third-order valence-electron chi connectivity index (χ3n) is 3.13. The van der Waals surface area contributed by atoms with E-state index in [0.29, 0.717) is 19.5 Å². The molecule has 0 bridgehead atoms. The molecule has 0 aromatic heterocycles. The Balaban J connectivity index is 2.60. The zero-order valence-electron chi connectivity index (χ0n) is 10.3. The monoisotopic (exact) mass is 227 g/mol. The van der Waals surface area contributed by atoms with Crippen molar-refractivity contribution in [3.8, 4) is 0 Å². The second-order valence-electron chi connectivity index (χ2n) is 4.14. The van der Waals surface area contributed by atoms with Crippen LogP contribution in [0, 0.1) is 5.92 Å². The Morgan fingerprint density at radius 3 is 2.62 bits per heavy atom. The smallest absolute Gasteiger partial charge is 0.320 e. The molecular weight excluding hydrogens is 206 g/mol. The summed E-state index contributed by atoms with van der Waals surface area (Å²) in [6.45, 7) is 8.72. The number of nitrogens with zero attached hydrogens (tertiary/aromatic N) is 3. The highest BCUT2D eigenvalue weighted by atomic mass is 16.4. The lowest BCUT2D eigenvalue weighted by Gasteiger charge is -2.35. The van der Waals surface area contributed by atoms with Gasteiger partial charge in [0.05, 0.1) is 5.71 Å². The molecule has 1 N–H and O–H groups in total. The van der Waals surface area contributed by atoms with Crippen LogP contribution in [0.2, 0.25) is 0 Å². The minimum absolute atomic E-state index is 0.0915.